The predicted molar refractivity (Wildman–Crippen MR) is 58.3 cm³/mol. The molecule has 64 valence electrons. The van der Waals surface area contributed by atoms with Crippen molar-refractivity contribution < 1.29 is 0 Å². The zero-order valence-corrected chi connectivity index (χ0v) is 8.54. The lowest BCUT2D eigenvalue weighted by atomic mass is 10.4. The third-order valence-corrected chi connectivity index (χ3v) is 2.72. The Labute approximate surface area is 82.7 Å². The number of benzene rings is 1. The van der Waals surface area contributed by atoms with Gasteiger partial charge in [-0.15, -0.1) is 0 Å². The summed E-state index contributed by atoms with van der Waals surface area (Å²) in [6.45, 7) is 2.04. The number of nitrogens with one attached hydrogen (secondary N) is 1. The molecule has 1 rings (SSSR count). The zero-order valence-electron chi connectivity index (χ0n) is 6.91. The molecule has 0 aromatic heterocycles. The lowest BCUT2D eigenvalue weighted by Gasteiger charge is -2.03. The van der Waals surface area contributed by atoms with Crippen molar-refractivity contribution in [1.29, 1.82) is 0 Å². The van der Waals surface area contributed by atoms with Crippen LogP contribution in [0.5, 0.6) is 0 Å². The van der Waals surface area contributed by atoms with E-state index in [1.807, 2.05) is 25.1 Å². The van der Waals surface area contributed by atoms with Crippen molar-refractivity contribution in [3.05, 3.63) is 30.3 Å². The number of hydrogen-bond acceptors (Lipinski definition) is 2. The van der Waals surface area contributed by atoms with Crippen molar-refractivity contribution in [3.8, 4) is 0 Å². The van der Waals surface area contributed by atoms with Crippen LogP contribution < -0.4 is 4.72 Å². The third kappa shape index (κ3) is 3.24. The summed E-state index contributed by atoms with van der Waals surface area (Å²) in [6, 6.07) is 10.1. The molecule has 3 heteroatoms. The minimum absolute atomic E-state index is 0.892. The fourth-order valence-electron chi connectivity index (χ4n) is 0.677. The van der Waals surface area contributed by atoms with Gasteiger partial charge in [-0.3, -0.25) is 0 Å². The van der Waals surface area contributed by atoms with E-state index in [2.05, 4.69) is 16.9 Å². The SMILES string of the molecule is CCC(=S)NSc1ccccc1. The molecule has 0 aliphatic carbocycles. The largest absolute Gasteiger partial charge is 0.320 e. The Morgan fingerprint density at radius 3 is 2.67 bits per heavy atom. The molecule has 1 N–H and O–H groups in total. The molecule has 0 radical (unpaired) electrons. The molecule has 0 aliphatic rings. The molecule has 1 nitrogen and oxygen atoms in total. The molecular weight excluding hydrogens is 186 g/mol. The Morgan fingerprint density at radius 1 is 1.42 bits per heavy atom. The third-order valence-electron chi connectivity index (χ3n) is 1.35. The van der Waals surface area contributed by atoms with Gasteiger partial charge >= 0.3 is 0 Å². The fraction of sp³-hybridized carbons (Fsp3) is 0.222. The van der Waals surface area contributed by atoms with Gasteiger partial charge in [-0.2, -0.15) is 0 Å². The van der Waals surface area contributed by atoms with E-state index in [9.17, 15) is 0 Å². The summed E-state index contributed by atoms with van der Waals surface area (Å²) in [5.41, 5.74) is 0. The van der Waals surface area contributed by atoms with Crippen LogP contribution in [0.15, 0.2) is 35.2 Å². The van der Waals surface area contributed by atoms with Gasteiger partial charge in [0, 0.05) is 4.90 Å². The Kier molecular flexibility index (Phi) is 4.11. The van der Waals surface area contributed by atoms with Crippen LogP contribution in [-0.2, 0) is 0 Å². The van der Waals surface area contributed by atoms with E-state index in [0.29, 0.717) is 0 Å². The standard InChI is InChI=1S/C9H11NS2/c1-2-9(11)10-12-8-6-4-3-5-7-8/h3-7H,2H2,1H3,(H,10,11). The van der Waals surface area contributed by atoms with Crippen molar-refractivity contribution in [2.45, 2.75) is 18.2 Å². The maximum atomic E-state index is 5.02. The minimum atomic E-state index is 0.892. The van der Waals surface area contributed by atoms with Crippen LogP contribution in [0.25, 0.3) is 0 Å². The van der Waals surface area contributed by atoms with Crippen molar-refractivity contribution in [2.24, 2.45) is 0 Å². The first-order valence-electron chi connectivity index (χ1n) is 3.83. The summed E-state index contributed by atoms with van der Waals surface area (Å²) < 4.78 is 3.10. The van der Waals surface area contributed by atoms with Gasteiger partial charge in [0.2, 0.25) is 0 Å². The first kappa shape index (κ1) is 9.55. The van der Waals surface area contributed by atoms with Crippen LogP contribution in [-0.4, -0.2) is 4.99 Å². The molecular formula is C9H11NS2. The average molecular weight is 197 g/mol. The summed E-state index contributed by atoms with van der Waals surface area (Å²) in [6.07, 6.45) is 0.898. The van der Waals surface area contributed by atoms with Crippen LogP contribution >= 0.6 is 24.2 Å². The van der Waals surface area contributed by atoms with Crippen LogP contribution in [0.4, 0.5) is 0 Å². The number of thiocarbonyl (C=S) groups is 1. The first-order chi connectivity index (χ1) is 5.83. The van der Waals surface area contributed by atoms with E-state index in [4.69, 9.17) is 12.2 Å². The van der Waals surface area contributed by atoms with Crippen molar-refractivity contribution in [1.82, 2.24) is 4.72 Å². The smallest absolute Gasteiger partial charge is 0.0851 e. The number of rotatable bonds is 3. The van der Waals surface area contributed by atoms with E-state index in [1.165, 1.54) is 4.90 Å². The summed E-state index contributed by atoms with van der Waals surface area (Å²) in [5.74, 6) is 0. The van der Waals surface area contributed by atoms with Crippen molar-refractivity contribution in [2.75, 3.05) is 0 Å². The summed E-state index contributed by atoms with van der Waals surface area (Å²) >= 11 is 6.58. The fourth-order valence-corrected chi connectivity index (χ4v) is 1.47. The second kappa shape index (κ2) is 5.17. The van der Waals surface area contributed by atoms with E-state index < -0.39 is 0 Å². The molecule has 0 amide bonds. The van der Waals surface area contributed by atoms with Gasteiger partial charge in [0.1, 0.15) is 0 Å². The molecule has 0 fully saturated rings. The molecule has 12 heavy (non-hydrogen) atoms. The average Bonchev–Trinajstić information content (AvgIpc) is 2.16. The maximum absolute atomic E-state index is 5.02. The molecule has 0 bridgehead atoms. The number of hydrogen-bond donors (Lipinski definition) is 1. The van der Waals surface area contributed by atoms with Crippen LogP contribution in [0.2, 0.25) is 0 Å². The van der Waals surface area contributed by atoms with Crippen LogP contribution in [0, 0.1) is 0 Å². The molecule has 1 aromatic rings. The molecule has 0 unspecified atom stereocenters. The van der Waals surface area contributed by atoms with E-state index in [0.717, 1.165) is 11.4 Å². The highest BCUT2D eigenvalue weighted by molar-refractivity contribution is 7.99. The minimum Gasteiger partial charge on any atom is -0.320 e. The van der Waals surface area contributed by atoms with Gasteiger partial charge in [-0.25, -0.2) is 0 Å². The van der Waals surface area contributed by atoms with E-state index in [-0.39, 0.29) is 0 Å². The van der Waals surface area contributed by atoms with Crippen LogP contribution in [0.3, 0.4) is 0 Å². The highest BCUT2D eigenvalue weighted by atomic mass is 32.2. The second-order valence-corrected chi connectivity index (χ2v) is 3.67. The maximum Gasteiger partial charge on any atom is 0.0851 e. The monoisotopic (exact) mass is 197 g/mol. The Bertz CT molecular complexity index is 246. The van der Waals surface area contributed by atoms with Gasteiger partial charge in [0.05, 0.1) is 4.99 Å². The predicted octanol–water partition coefficient (Wildman–Crippen LogP) is 3.02. The summed E-state index contributed by atoms with van der Waals surface area (Å²) in [5, 5.41) is 0. The zero-order chi connectivity index (χ0) is 8.81. The van der Waals surface area contributed by atoms with Gasteiger partial charge in [-0.1, -0.05) is 37.3 Å². The molecule has 1 aromatic carbocycles. The molecule has 0 saturated carbocycles. The summed E-state index contributed by atoms with van der Waals surface area (Å²) in [4.78, 5) is 2.08. The highest BCUT2D eigenvalue weighted by Gasteiger charge is 1.93. The second-order valence-electron chi connectivity index (χ2n) is 2.29. The molecule has 0 atom stereocenters. The molecule has 0 spiro atoms. The normalized spacial score (nSPS) is 9.42. The summed E-state index contributed by atoms with van der Waals surface area (Å²) in [7, 11) is 0. The molecule has 0 heterocycles. The topological polar surface area (TPSA) is 12.0 Å². The van der Waals surface area contributed by atoms with Crippen molar-refractivity contribution in [3.63, 3.8) is 0 Å². The van der Waals surface area contributed by atoms with Gasteiger partial charge in [-0.05, 0) is 30.5 Å². The van der Waals surface area contributed by atoms with Gasteiger partial charge < -0.3 is 4.72 Å². The first-order valence-corrected chi connectivity index (χ1v) is 5.06. The van der Waals surface area contributed by atoms with Gasteiger partial charge in [0.25, 0.3) is 0 Å². The lowest BCUT2D eigenvalue weighted by molar-refractivity contribution is 1.26. The Hall–Kier alpha value is -0.540. The molecule has 0 aliphatic heterocycles. The molecule has 0 saturated heterocycles. The highest BCUT2D eigenvalue weighted by Crippen LogP contribution is 2.13. The Balaban J connectivity index is 2.38. The van der Waals surface area contributed by atoms with Crippen molar-refractivity contribution >= 4 is 29.2 Å². The van der Waals surface area contributed by atoms with Gasteiger partial charge in [0.15, 0.2) is 0 Å². The van der Waals surface area contributed by atoms with E-state index in [1.54, 1.807) is 11.9 Å². The quantitative estimate of drug-likeness (QED) is 0.591. The Morgan fingerprint density at radius 2 is 2.08 bits per heavy atom. The lowest BCUT2D eigenvalue weighted by Crippen LogP contribution is -2.10. The van der Waals surface area contributed by atoms with Crippen LogP contribution in [0.1, 0.15) is 13.3 Å². The van der Waals surface area contributed by atoms with E-state index >= 15 is 0 Å².